The third-order valence-corrected chi connectivity index (χ3v) is 0. The van der Waals surface area contributed by atoms with Gasteiger partial charge >= 0.3 is 23.1 Å². The Morgan fingerprint density at radius 1 is 1.00 bits per heavy atom. The zero-order valence-electron chi connectivity index (χ0n) is 5.53. The van der Waals surface area contributed by atoms with Crippen molar-refractivity contribution in [2.45, 2.75) is 0 Å². The van der Waals surface area contributed by atoms with Crippen molar-refractivity contribution < 1.29 is 41.2 Å². The van der Waals surface area contributed by atoms with Crippen LogP contribution in [-0.4, -0.2) is 49.9 Å². The van der Waals surface area contributed by atoms with Gasteiger partial charge in [-0.3, -0.25) is 0 Å². The molecule has 0 unspecified atom stereocenters. The summed E-state index contributed by atoms with van der Waals surface area (Å²) in [6.45, 7) is 0. The first-order valence-corrected chi connectivity index (χ1v) is 2.24. The Morgan fingerprint density at radius 2 is 1.00 bits per heavy atom. The SMILES string of the molecule is N.O.O.O.O.O=P([O-])([O-])O.[Mg+2]. The van der Waals surface area contributed by atoms with Crippen LogP contribution in [0.15, 0.2) is 0 Å². The van der Waals surface area contributed by atoms with Crippen molar-refractivity contribution in [1.29, 1.82) is 0 Å². The van der Waals surface area contributed by atoms with E-state index in [1.165, 1.54) is 0 Å². The van der Waals surface area contributed by atoms with Crippen molar-refractivity contribution in [3.63, 3.8) is 0 Å². The van der Waals surface area contributed by atoms with Crippen molar-refractivity contribution in [3.05, 3.63) is 0 Å². The molecule has 0 saturated heterocycles. The molecule has 0 saturated carbocycles. The van der Waals surface area contributed by atoms with E-state index in [1.54, 1.807) is 0 Å². The number of hydrogen-bond donors (Lipinski definition) is 2. The summed E-state index contributed by atoms with van der Waals surface area (Å²) in [6.07, 6.45) is 0. The van der Waals surface area contributed by atoms with E-state index in [-0.39, 0.29) is 51.1 Å². The third-order valence-electron chi connectivity index (χ3n) is 0. The zero-order chi connectivity index (χ0) is 4.50. The second-order valence-electron chi connectivity index (χ2n) is 0.469. The first kappa shape index (κ1) is 60.9. The molecule has 11 heavy (non-hydrogen) atoms. The van der Waals surface area contributed by atoms with Crippen LogP contribution in [0.25, 0.3) is 0 Å². The quantitative estimate of drug-likeness (QED) is 0.291. The maximum atomic E-state index is 8.66. The molecule has 0 aliphatic rings. The molecule has 0 aliphatic carbocycles. The maximum Gasteiger partial charge on any atom is 2.00 e. The molecule has 0 aromatic heterocycles. The fourth-order valence-electron chi connectivity index (χ4n) is 0. The average Bonchev–Trinajstić information content (AvgIpc) is 0.722. The van der Waals surface area contributed by atoms with Gasteiger partial charge in [-0.15, -0.1) is 0 Å². The van der Waals surface area contributed by atoms with Gasteiger partial charge in [0.05, 0.1) is 7.82 Å². The minimum atomic E-state index is -5.14. The van der Waals surface area contributed by atoms with Gasteiger partial charge < -0.3 is 47.3 Å². The van der Waals surface area contributed by atoms with Gasteiger partial charge in [-0.05, 0) is 0 Å². The van der Waals surface area contributed by atoms with Crippen LogP contribution in [0.1, 0.15) is 0 Å². The molecule has 9 nitrogen and oxygen atoms in total. The van der Waals surface area contributed by atoms with E-state index >= 15 is 0 Å². The van der Waals surface area contributed by atoms with Crippen LogP contribution in [0.2, 0.25) is 0 Å². The topological polar surface area (TPSA) is 244 Å². The van der Waals surface area contributed by atoms with Crippen LogP contribution in [-0.2, 0) is 4.57 Å². The van der Waals surface area contributed by atoms with Gasteiger partial charge in [0.2, 0.25) is 0 Å². The van der Waals surface area contributed by atoms with E-state index in [2.05, 4.69) is 0 Å². The van der Waals surface area contributed by atoms with Gasteiger partial charge in [0.1, 0.15) is 0 Å². The van der Waals surface area contributed by atoms with Gasteiger partial charge in [-0.1, -0.05) is 0 Å². The first-order valence-electron chi connectivity index (χ1n) is 0.748. The summed E-state index contributed by atoms with van der Waals surface area (Å²) < 4.78 is 8.66. The number of phosphoric acid groups is 1. The van der Waals surface area contributed by atoms with Gasteiger partial charge in [-0.2, -0.15) is 0 Å². The molecule has 0 spiro atoms. The number of rotatable bonds is 0. The number of hydrogen-bond acceptors (Lipinski definition) is 4. The summed E-state index contributed by atoms with van der Waals surface area (Å²) in [7, 11) is -5.14. The molecule has 0 rings (SSSR count). The van der Waals surface area contributed by atoms with Gasteiger partial charge in [0, 0.05) is 0 Å². The van der Waals surface area contributed by atoms with Crippen molar-refractivity contribution in [3.8, 4) is 0 Å². The predicted molar refractivity (Wildman–Crippen MR) is 35.1 cm³/mol. The van der Waals surface area contributed by atoms with E-state index in [4.69, 9.17) is 19.2 Å². The molecular formula is H12MgNO8P. The van der Waals surface area contributed by atoms with Crippen molar-refractivity contribution >= 4 is 30.9 Å². The standard InChI is InChI=1S/Mg.H3N.H3O4P.4H2O/c;;1-5(2,3)4;;;;/h;1H3;(H3,1,2,3,4);4*1H2/q+2;;;;;;/p-2. The molecule has 0 aromatic rings. The van der Waals surface area contributed by atoms with Crippen LogP contribution < -0.4 is 15.9 Å². The summed E-state index contributed by atoms with van der Waals surface area (Å²) in [4.78, 5) is 24.3. The smallest absolute Gasteiger partial charge is 0.790 e. The van der Waals surface area contributed by atoms with Crippen LogP contribution in [0.5, 0.6) is 0 Å². The summed E-state index contributed by atoms with van der Waals surface area (Å²) in [6, 6.07) is 0. The van der Waals surface area contributed by atoms with E-state index in [1.807, 2.05) is 0 Å². The minimum absolute atomic E-state index is 0. The summed E-state index contributed by atoms with van der Waals surface area (Å²) in [5, 5.41) is 0. The van der Waals surface area contributed by atoms with Crippen LogP contribution in [0, 0.1) is 0 Å². The molecule has 72 valence electrons. The Bertz CT molecular complexity index is 60.2. The van der Waals surface area contributed by atoms with E-state index in [0.717, 1.165) is 0 Å². The second kappa shape index (κ2) is 22.4. The van der Waals surface area contributed by atoms with E-state index < -0.39 is 7.82 Å². The Balaban J connectivity index is -0.00000000533. The van der Waals surface area contributed by atoms with Crippen molar-refractivity contribution in [2.24, 2.45) is 0 Å². The van der Waals surface area contributed by atoms with Crippen LogP contribution >= 0.6 is 7.82 Å². The monoisotopic (exact) mass is 209 g/mol. The predicted octanol–water partition coefficient (Wildman–Crippen LogP) is -5.71. The Morgan fingerprint density at radius 3 is 1.00 bits per heavy atom. The molecular weight excluding hydrogens is 197 g/mol. The molecule has 0 atom stereocenters. The fraction of sp³-hybridized carbons (Fsp3) is 0. The minimum Gasteiger partial charge on any atom is -0.790 e. The Kier molecular flexibility index (Phi) is 124. The average molecular weight is 209 g/mol. The summed E-state index contributed by atoms with van der Waals surface area (Å²) >= 11 is 0. The molecule has 0 amide bonds. The van der Waals surface area contributed by atoms with E-state index in [9.17, 15) is 0 Å². The van der Waals surface area contributed by atoms with Crippen molar-refractivity contribution in [2.75, 3.05) is 0 Å². The third kappa shape index (κ3) is 1760. The van der Waals surface area contributed by atoms with Gasteiger partial charge in [0.15, 0.2) is 0 Å². The van der Waals surface area contributed by atoms with Crippen LogP contribution in [0.4, 0.5) is 0 Å². The van der Waals surface area contributed by atoms with Crippen LogP contribution in [0.3, 0.4) is 0 Å². The molecule has 0 bridgehead atoms. The molecule has 12 N–H and O–H groups in total. The first-order chi connectivity index (χ1) is 2.00. The van der Waals surface area contributed by atoms with Gasteiger partial charge in [-0.25, -0.2) is 0 Å². The summed E-state index contributed by atoms with van der Waals surface area (Å²) in [5.41, 5.74) is 0. The molecule has 0 fully saturated rings. The molecule has 11 heteroatoms. The Labute approximate surface area is 78.6 Å². The maximum absolute atomic E-state index is 8.66. The molecule has 0 aliphatic heterocycles. The normalized spacial score (nSPS) is 5.36. The fourth-order valence-corrected chi connectivity index (χ4v) is 0. The Hall–Kier alpha value is 0.676. The molecule has 0 heterocycles. The molecule has 0 radical (unpaired) electrons. The largest absolute Gasteiger partial charge is 2.00 e. The van der Waals surface area contributed by atoms with Crippen molar-refractivity contribution in [1.82, 2.24) is 6.15 Å². The second-order valence-corrected chi connectivity index (χ2v) is 1.41. The zero-order valence-corrected chi connectivity index (χ0v) is 7.84. The van der Waals surface area contributed by atoms with E-state index in [0.29, 0.717) is 0 Å². The molecule has 0 aromatic carbocycles. The summed E-state index contributed by atoms with van der Waals surface area (Å²) in [5.74, 6) is 0. The van der Waals surface area contributed by atoms with Gasteiger partial charge in [0.25, 0.3) is 0 Å².